The van der Waals surface area contributed by atoms with Crippen molar-refractivity contribution in [1.29, 1.82) is 0 Å². The molecule has 2 fully saturated rings. The van der Waals surface area contributed by atoms with Gasteiger partial charge in [0.2, 0.25) is 5.91 Å². The van der Waals surface area contributed by atoms with Crippen molar-refractivity contribution in [2.45, 2.75) is 19.4 Å². The summed E-state index contributed by atoms with van der Waals surface area (Å²) in [6.45, 7) is 4.02. The van der Waals surface area contributed by atoms with Gasteiger partial charge < -0.3 is 10.2 Å². The van der Waals surface area contributed by atoms with Crippen LogP contribution in [0.25, 0.3) is 0 Å². The van der Waals surface area contributed by atoms with E-state index in [-0.39, 0.29) is 5.92 Å². The molecular weight excluding hydrogens is 208 g/mol. The van der Waals surface area contributed by atoms with Gasteiger partial charge in [-0.15, -0.1) is 0 Å². The van der Waals surface area contributed by atoms with Gasteiger partial charge in [-0.25, -0.2) is 0 Å². The average Bonchev–Trinajstić information content (AvgIpc) is 2.85. The lowest BCUT2D eigenvalue weighted by molar-refractivity contribution is -0.136. The predicted molar refractivity (Wildman–Crippen MR) is 64.0 cm³/mol. The Balaban J connectivity index is 1.94. The van der Waals surface area contributed by atoms with Crippen molar-refractivity contribution in [3.63, 3.8) is 0 Å². The summed E-state index contributed by atoms with van der Waals surface area (Å²) >= 11 is 1.96. The SMILES string of the molecule is CC1CNCC1C(=O)N(C)C1CCSC1. The Labute approximate surface area is 96.0 Å². The van der Waals surface area contributed by atoms with E-state index in [4.69, 9.17) is 0 Å². The van der Waals surface area contributed by atoms with Crippen LogP contribution < -0.4 is 5.32 Å². The van der Waals surface area contributed by atoms with Gasteiger partial charge in [-0.3, -0.25) is 4.79 Å². The fourth-order valence-corrected chi connectivity index (χ4v) is 3.68. The van der Waals surface area contributed by atoms with Crippen LogP contribution in [0.3, 0.4) is 0 Å². The molecule has 15 heavy (non-hydrogen) atoms. The lowest BCUT2D eigenvalue weighted by atomic mass is 9.96. The molecule has 2 saturated heterocycles. The molecule has 3 atom stereocenters. The van der Waals surface area contributed by atoms with E-state index >= 15 is 0 Å². The third kappa shape index (κ3) is 2.31. The fraction of sp³-hybridized carbons (Fsp3) is 0.909. The molecule has 86 valence electrons. The second-order valence-electron chi connectivity index (χ2n) is 4.71. The number of thioether (sulfide) groups is 1. The Kier molecular flexibility index (Phi) is 3.57. The number of rotatable bonds is 2. The highest BCUT2D eigenvalue weighted by molar-refractivity contribution is 7.99. The zero-order valence-corrected chi connectivity index (χ0v) is 10.3. The zero-order valence-electron chi connectivity index (χ0n) is 9.53. The van der Waals surface area contributed by atoms with Gasteiger partial charge in [-0.2, -0.15) is 11.8 Å². The number of carbonyl (C=O) groups excluding carboxylic acids is 1. The summed E-state index contributed by atoms with van der Waals surface area (Å²) in [6.07, 6.45) is 1.17. The average molecular weight is 228 g/mol. The van der Waals surface area contributed by atoms with Crippen LogP contribution >= 0.6 is 11.8 Å². The maximum absolute atomic E-state index is 12.2. The fourth-order valence-electron chi connectivity index (χ4n) is 2.41. The molecule has 0 radical (unpaired) electrons. The minimum absolute atomic E-state index is 0.209. The first-order valence-corrected chi connectivity index (χ1v) is 6.90. The van der Waals surface area contributed by atoms with Crippen molar-refractivity contribution in [3.05, 3.63) is 0 Å². The summed E-state index contributed by atoms with van der Waals surface area (Å²) < 4.78 is 0. The first-order chi connectivity index (χ1) is 7.20. The van der Waals surface area contributed by atoms with E-state index in [0.717, 1.165) is 18.8 Å². The smallest absolute Gasteiger partial charge is 0.227 e. The van der Waals surface area contributed by atoms with Crippen LogP contribution in [0.1, 0.15) is 13.3 Å². The molecule has 0 bridgehead atoms. The number of amides is 1. The van der Waals surface area contributed by atoms with Gasteiger partial charge in [0.05, 0.1) is 5.92 Å². The van der Waals surface area contributed by atoms with E-state index in [2.05, 4.69) is 12.2 Å². The first-order valence-electron chi connectivity index (χ1n) is 5.75. The van der Waals surface area contributed by atoms with Gasteiger partial charge in [0.25, 0.3) is 0 Å². The molecule has 3 nitrogen and oxygen atoms in total. The highest BCUT2D eigenvalue weighted by atomic mass is 32.2. The van der Waals surface area contributed by atoms with E-state index in [0.29, 0.717) is 17.9 Å². The Morgan fingerprint density at radius 3 is 2.80 bits per heavy atom. The molecule has 0 saturated carbocycles. The number of hydrogen-bond donors (Lipinski definition) is 1. The van der Waals surface area contributed by atoms with Crippen molar-refractivity contribution in [2.24, 2.45) is 11.8 Å². The van der Waals surface area contributed by atoms with Crippen LogP contribution in [0.5, 0.6) is 0 Å². The molecule has 0 aromatic carbocycles. The van der Waals surface area contributed by atoms with Gasteiger partial charge in [-0.05, 0) is 24.6 Å². The largest absolute Gasteiger partial charge is 0.342 e. The van der Waals surface area contributed by atoms with Gasteiger partial charge in [0, 0.05) is 25.4 Å². The van der Waals surface area contributed by atoms with Crippen molar-refractivity contribution in [1.82, 2.24) is 10.2 Å². The van der Waals surface area contributed by atoms with Crippen molar-refractivity contribution in [2.75, 3.05) is 31.6 Å². The van der Waals surface area contributed by atoms with Gasteiger partial charge in [0.1, 0.15) is 0 Å². The van der Waals surface area contributed by atoms with E-state index in [1.807, 2.05) is 23.7 Å². The molecule has 3 unspecified atom stereocenters. The topological polar surface area (TPSA) is 32.3 Å². The Morgan fingerprint density at radius 2 is 2.27 bits per heavy atom. The molecule has 0 aliphatic carbocycles. The summed E-state index contributed by atoms with van der Waals surface area (Å²) in [5.41, 5.74) is 0. The molecule has 2 rings (SSSR count). The lowest BCUT2D eigenvalue weighted by Gasteiger charge is -2.27. The van der Waals surface area contributed by atoms with Crippen molar-refractivity contribution in [3.8, 4) is 0 Å². The molecule has 4 heteroatoms. The van der Waals surface area contributed by atoms with E-state index in [9.17, 15) is 4.79 Å². The molecule has 0 aromatic rings. The number of nitrogens with one attached hydrogen (secondary N) is 1. The summed E-state index contributed by atoms with van der Waals surface area (Å²) in [5, 5.41) is 3.30. The van der Waals surface area contributed by atoms with Gasteiger partial charge in [0.15, 0.2) is 0 Å². The number of carbonyl (C=O) groups is 1. The highest BCUT2D eigenvalue weighted by Crippen LogP contribution is 2.25. The van der Waals surface area contributed by atoms with Crippen LogP contribution in [0.2, 0.25) is 0 Å². The minimum Gasteiger partial charge on any atom is -0.342 e. The standard InChI is InChI=1S/C11H20N2OS/c1-8-5-12-6-10(8)11(14)13(2)9-3-4-15-7-9/h8-10,12H,3-7H2,1-2H3. The molecule has 0 aromatic heterocycles. The Hall–Kier alpha value is -0.220. The molecule has 1 amide bonds. The zero-order chi connectivity index (χ0) is 10.8. The summed E-state index contributed by atoms with van der Waals surface area (Å²) in [6, 6.07) is 0.482. The van der Waals surface area contributed by atoms with Crippen LogP contribution in [-0.4, -0.2) is 48.5 Å². The van der Waals surface area contributed by atoms with E-state index in [1.54, 1.807) is 0 Å². The maximum atomic E-state index is 12.2. The molecule has 0 spiro atoms. The minimum atomic E-state index is 0.209. The third-order valence-corrected chi connectivity index (χ3v) is 4.78. The molecule has 1 N–H and O–H groups in total. The van der Waals surface area contributed by atoms with Crippen molar-refractivity contribution < 1.29 is 4.79 Å². The second-order valence-corrected chi connectivity index (χ2v) is 5.86. The van der Waals surface area contributed by atoms with Crippen molar-refractivity contribution >= 4 is 17.7 Å². The molecule has 2 heterocycles. The van der Waals surface area contributed by atoms with Crippen LogP contribution in [-0.2, 0) is 4.79 Å². The summed E-state index contributed by atoms with van der Waals surface area (Å²) in [4.78, 5) is 14.2. The van der Waals surface area contributed by atoms with Crippen LogP contribution in [0.15, 0.2) is 0 Å². The highest BCUT2D eigenvalue weighted by Gasteiger charge is 2.34. The predicted octanol–water partition coefficient (Wildman–Crippen LogP) is 0.806. The first kappa shape index (κ1) is 11.3. The molecular formula is C11H20N2OS. The molecule has 2 aliphatic rings. The summed E-state index contributed by atoms with van der Waals surface area (Å²) in [7, 11) is 1.98. The Morgan fingerprint density at radius 1 is 1.47 bits per heavy atom. The quantitative estimate of drug-likeness (QED) is 0.759. The lowest BCUT2D eigenvalue weighted by Crippen LogP contribution is -2.42. The third-order valence-electron chi connectivity index (χ3n) is 3.64. The van der Waals surface area contributed by atoms with Gasteiger partial charge in [-0.1, -0.05) is 6.92 Å². The van der Waals surface area contributed by atoms with Crippen LogP contribution in [0, 0.1) is 11.8 Å². The number of nitrogens with zero attached hydrogens (tertiary/aromatic N) is 1. The van der Waals surface area contributed by atoms with E-state index < -0.39 is 0 Å². The molecule has 2 aliphatic heterocycles. The normalized spacial score (nSPS) is 35.7. The van der Waals surface area contributed by atoms with Crippen LogP contribution in [0.4, 0.5) is 0 Å². The van der Waals surface area contributed by atoms with E-state index in [1.165, 1.54) is 12.2 Å². The summed E-state index contributed by atoms with van der Waals surface area (Å²) in [5.74, 6) is 3.38. The maximum Gasteiger partial charge on any atom is 0.227 e. The van der Waals surface area contributed by atoms with Gasteiger partial charge >= 0.3 is 0 Å². The number of hydrogen-bond acceptors (Lipinski definition) is 3. The Bertz CT molecular complexity index is 241. The second kappa shape index (κ2) is 4.74. The monoisotopic (exact) mass is 228 g/mol.